The van der Waals surface area contributed by atoms with E-state index in [0.717, 1.165) is 19.3 Å². The van der Waals surface area contributed by atoms with Gasteiger partial charge in [0.1, 0.15) is 5.75 Å². The molecule has 7 heteroatoms. The number of ether oxygens (including phenoxy) is 1. The summed E-state index contributed by atoms with van der Waals surface area (Å²) in [6, 6.07) is 9.73. The van der Waals surface area contributed by atoms with Gasteiger partial charge in [-0.2, -0.15) is 0 Å². The zero-order chi connectivity index (χ0) is 18.7. The maximum Gasteiger partial charge on any atom is 0.255 e. The number of methoxy groups -OCH3 is 1. The standard InChI is InChI=1S/C19H18Cl2N2O3/c1-26-17-8-5-12(9-16(17)23-18(24)11-3-2-4-11)19(25)22-13-6-7-14(20)15(21)10-13/h5-11H,2-4H2,1H3,(H,22,25)(H,23,24). The molecular formula is C19H18Cl2N2O3. The van der Waals surface area contributed by atoms with E-state index in [0.29, 0.717) is 32.7 Å². The zero-order valence-electron chi connectivity index (χ0n) is 14.1. The van der Waals surface area contributed by atoms with Crippen molar-refractivity contribution in [2.24, 2.45) is 5.92 Å². The van der Waals surface area contributed by atoms with Crippen LogP contribution < -0.4 is 15.4 Å². The highest BCUT2D eigenvalue weighted by molar-refractivity contribution is 6.42. The van der Waals surface area contributed by atoms with E-state index in [1.165, 1.54) is 7.11 Å². The molecule has 0 radical (unpaired) electrons. The molecule has 2 amide bonds. The number of rotatable bonds is 5. The third-order valence-electron chi connectivity index (χ3n) is 4.37. The molecule has 0 spiro atoms. The smallest absolute Gasteiger partial charge is 0.255 e. The van der Waals surface area contributed by atoms with E-state index in [2.05, 4.69) is 10.6 Å². The Morgan fingerprint density at radius 1 is 1.04 bits per heavy atom. The predicted octanol–water partition coefficient (Wildman–Crippen LogP) is 4.99. The van der Waals surface area contributed by atoms with Gasteiger partial charge < -0.3 is 15.4 Å². The van der Waals surface area contributed by atoms with Gasteiger partial charge in [-0.3, -0.25) is 9.59 Å². The first kappa shape index (κ1) is 18.5. The Hall–Kier alpha value is -2.24. The van der Waals surface area contributed by atoms with E-state index < -0.39 is 0 Å². The lowest BCUT2D eigenvalue weighted by Gasteiger charge is -2.24. The van der Waals surface area contributed by atoms with Gasteiger partial charge in [0, 0.05) is 17.2 Å². The topological polar surface area (TPSA) is 67.4 Å². The van der Waals surface area contributed by atoms with E-state index in [-0.39, 0.29) is 17.7 Å². The number of carbonyl (C=O) groups excluding carboxylic acids is 2. The molecule has 2 aromatic carbocycles. The van der Waals surface area contributed by atoms with E-state index in [1.807, 2.05) is 0 Å². The summed E-state index contributed by atoms with van der Waals surface area (Å²) < 4.78 is 5.28. The number of hydrogen-bond acceptors (Lipinski definition) is 3. The van der Waals surface area contributed by atoms with Gasteiger partial charge in [0.05, 0.1) is 22.8 Å². The molecule has 2 N–H and O–H groups in total. The first-order valence-corrected chi connectivity index (χ1v) is 8.99. The molecule has 2 aromatic rings. The van der Waals surface area contributed by atoms with Crippen LogP contribution in [0.1, 0.15) is 29.6 Å². The second-order valence-electron chi connectivity index (χ2n) is 6.12. The highest BCUT2D eigenvalue weighted by Crippen LogP contribution is 2.31. The summed E-state index contributed by atoms with van der Waals surface area (Å²) in [7, 11) is 1.52. The van der Waals surface area contributed by atoms with Crippen molar-refractivity contribution in [3.8, 4) is 5.75 Å². The van der Waals surface area contributed by atoms with Crippen molar-refractivity contribution in [2.45, 2.75) is 19.3 Å². The second kappa shape index (κ2) is 7.98. The number of halogens is 2. The summed E-state index contributed by atoms with van der Waals surface area (Å²) in [5.74, 6) is 0.166. The van der Waals surface area contributed by atoms with E-state index in [1.54, 1.807) is 36.4 Å². The number of anilines is 2. The molecule has 0 aliphatic heterocycles. The Balaban J connectivity index is 1.78. The molecule has 0 saturated heterocycles. The molecule has 1 fully saturated rings. The summed E-state index contributed by atoms with van der Waals surface area (Å²) in [5.41, 5.74) is 1.40. The quantitative estimate of drug-likeness (QED) is 0.752. The average Bonchev–Trinajstić information content (AvgIpc) is 2.56. The minimum atomic E-state index is -0.329. The summed E-state index contributed by atoms with van der Waals surface area (Å²) in [5, 5.41) is 6.38. The molecule has 136 valence electrons. The maximum absolute atomic E-state index is 12.5. The summed E-state index contributed by atoms with van der Waals surface area (Å²) >= 11 is 11.8. The molecule has 5 nitrogen and oxygen atoms in total. The van der Waals surface area contributed by atoms with Crippen molar-refractivity contribution >= 4 is 46.4 Å². The molecule has 1 aliphatic carbocycles. The summed E-state index contributed by atoms with van der Waals surface area (Å²) in [4.78, 5) is 24.7. The first-order chi connectivity index (χ1) is 12.5. The fourth-order valence-corrected chi connectivity index (χ4v) is 2.93. The van der Waals surface area contributed by atoms with Crippen molar-refractivity contribution in [3.63, 3.8) is 0 Å². The number of hydrogen-bond donors (Lipinski definition) is 2. The van der Waals surface area contributed by atoms with Crippen molar-refractivity contribution in [1.29, 1.82) is 0 Å². The molecule has 1 aliphatic rings. The molecule has 0 bridgehead atoms. The highest BCUT2D eigenvalue weighted by Gasteiger charge is 2.26. The van der Waals surface area contributed by atoms with Gasteiger partial charge in [-0.25, -0.2) is 0 Å². The number of amides is 2. The fraction of sp³-hybridized carbons (Fsp3) is 0.263. The number of benzene rings is 2. The molecule has 1 saturated carbocycles. The molecule has 0 atom stereocenters. The van der Waals surface area contributed by atoms with Crippen LogP contribution >= 0.6 is 23.2 Å². The van der Waals surface area contributed by atoms with Crippen molar-refractivity contribution in [3.05, 3.63) is 52.0 Å². The first-order valence-electron chi connectivity index (χ1n) is 8.23. The predicted molar refractivity (Wildman–Crippen MR) is 103 cm³/mol. The van der Waals surface area contributed by atoms with Gasteiger partial charge in [-0.15, -0.1) is 0 Å². The normalized spacial score (nSPS) is 13.7. The van der Waals surface area contributed by atoms with Crippen LogP contribution in [-0.2, 0) is 4.79 Å². The minimum Gasteiger partial charge on any atom is -0.495 e. The SMILES string of the molecule is COc1ccc(C(=O)Nc2ccc(Cl)c(Cl)c2)cc1NC(=O)C1CCC1. The Kier molecular flexibility index (Phi) is 5.69. The lowest BCUT2D eigenvalue weighted by molar-refractivity contribution is -0.122. The van der Waals surface area contributed by atoms with Crippen molar-refractivity contribution in [1.82, 2.24) is 0 Å². The Morgan fingerprint density at radius 2 is 1.81 bits per heavy atom. The minimum absolute atomic E-state index is 0.0356. The molecule has 26 heavy (non-hydrogen) atoms. The number of nitrogens with one attached hydrogen (secondary N) is 2. The van der Waals surface area contributed by atoms with Crippen LogP contribution in [0.25, 0.3) is 0 Å². The van der Waals surface area contributed by atoms with E-state index in [9.17, 15) is 9.59 Å². The molecule has 3 rings (SSSR count). The molecule has 0 aromatic heterocycles. The summed E-state index contributed by atoms with van der Waals surface area (Å²) in [6.07, 6.45) is 2.86. The van der Waals surface area contributed by atoms with Crippen LogP contribution in [0, 0.1) is 5.92 Å². The van der Waals surface area contributed by atoms with Gasteiger partial charge in [-0.05, 0) is 49.2 Å². The molecule has 0 unspecified atom stereocenters. The third kappa shape index (κ3) is 4.11. The van der Waals surface area contributed by atoms with Gasteiger partial charge in [0.15, 0.2) is 0 Å². The van der Waals surface area contributed by atoms with Gasteiger partial charge >= 0.3 is 0 Å². The van der Waals surface area contributed by atoms with Crippen molar-refractivity contribution < 1.29 is 14.3 Å². The highest BCUT2D eigenvalue weighted by atomic mass is 35.5. The van der Waals surface area contributed by atoms with Crippen LogP contribution in [0.15, 0.2) is 36.4 Å². The van der Waals surface area contributed by atoms with E-state index in [4.69, 9.17) is 27.9 Å². The Labute approximate surface area is 161 Å². The van der Waals surface area contributed by atoms with Gasteiger partial charge in [0.25, 0.3) is 5.91 Å². The average molecular weight is 393 g/mol. The van der Waals surface area contributed by atoms with Crippen LogP contribution in [0.5, 0.6) is 5.75 Å². The third-order valence-corrected chi connectivity index (χ3v) is 5.11. The maximum atomic E-state index is 12.5. The number of carbonyl (C=O) groups is 2. The lowest BCUT2D eigenvalue weighted by Crippen LogP contribution is -2.28. The molecule has 0 heterocycles. The second-order valence-corrected chi connectivity index (χ2v) is 6.93. The van der Waals surface area contributed by atoms with E-state index >= 15 is 0 Å². The van der Waals surface area contributed by atoms with Gasteiger partial charge in [0.2, 0.25) is 5.91 Å². The molecular weight excluding hydrogens is 375 g/mol. The zero-order valence-corrected chi connectivity index (χ0v) is 15.7. The fourth-order valence-electron chi connectivity index (χ4n) is 2.63. The van der Waals surface area contributed by atoms with Crippen molar-refractivity contribution in [2.75, 3.05) is 17.7 Å². The largest absolute Gasteiger partial charge is 0.495 e. The van der Waals surface area contributed by atoms with Crippen LogP contribution in [0.2, 0.25) is 10.0 Å². The van der Waals surface area contributed by atoms with Crippen LogP contribution in [0.4, 0.5) is 11.4 Å². The Morgan fingerprint density at radius 3 is 2.42 bits per heavy atom. The summed E-state index contributed by atoms with van der Waals surface area (Å²) in [6.45, 7) is 0. The van der Waals surface area contributed by atoms with Crippen LogP contribution in [0.3, 0.4) is 0 Å². The van der Waals surface area contributed by atoms with Crippen LogP contribution in [-0.4, -0.2) is 18.9 Å². The Bertz CT molecular complexity index is 851. The van der Waals surface area contributed by atoms with Gasteiger partial charge in [-0.1, -0.05) is 29.6 Å². The monoisotopic (exact) mass is 392 g/mol. The lowest BCUT2D eigenvalue weighted by atomic mass is 9.85.